The highest BCUT2D eigenvalue weighted by atomic mass is 33.1. The molecule has 0 saturated carbocycles. The zero-order valence-corrected chi connectivity index (χ0v) is 8.22. The van der Waals surface area contributed by atoms with E-state index in [-0.39, 0.29) is 17.2 Å². The fourth-order valence-electron chi connectivity index (χ4n) is 0.363. The van der Waals surface area contributed by atoms with E-state index in [0.29, 0.717) is 0 Å². The van der Waals surface area contributed by atoms with E-state index in [1.807, 2.05) is 6.92 Å². The Labute approximate surface area is 75.3 Å². The maximum Gasteiger partial charge on any atom is 0.316 e. The first-order valence-electron chi connectivity index (χ1n) is 2.85. The van der Waals surface area contributed by atoms with Crippen LogP contribution in [-0.4, -0.2) is 17.2 Å². The van der Waals surface area contributed by atoms with Gasteiger partial charge < -0.3 is 4.74 Å². The summed E-state index contributed by atoms with van der Waals surface area (Å²) in [7, 11) is 1.23. The normalized spacial score (nSPS) is 12.7. The van der Waals surface area contributed by atoms with Crippen molar-refractivity contribution in [3.63, 3.8) is 0 Å². The lowest BCUT2D eigenvalue weighted by Crippen LogP contribution is -2.13. The summed E-state index contributed by atoms with van der Waals surface area (Å²) < 4.78 is 4.87. The van der Waals surface area contributed by atoms with Crippen molar-refractivity contribution in [2.45, 2.75) is 18.8 Å². The van der Waals surface area contributed by atoms with Crippen LogP contribution in [0, 0.1) is 0 Å². The van der Waals surface area contributed by atoms with Gasteiger partial charge in [-0.05, 0) is 6.42 Å². The minimum Gasteiger partial charge on any atom is -0.450 e. The highest BCUT2D eigenvalue weighted by Gasteiger charge is 2.08. The standard InChI is InChI=1S/C5H10O2S3/c1-2-5(10-9)7-4(6)3-8/h5,8-9H,2-3H2,1H3. The van der Waals surface area contributed by atoms with Gasteiger partial charge in [-0.2, -0.15) is 12.6 Å². The van der Waals surface area contributed by atoms with Gasteiger partial charge >= 0.3 is 5.97 Å². The van der Waals surface area contributed by atoms with Crippen molar-refractivity contribution in [1.29, 1.82) is 0 Å². The molecule has 0 spiro atoms. The Kier molecular flexibility index (Phi) is 6.57. The first-order chi connectivity index (χ1) is 4.74. The Morgan fingerprint density at radius 3 is 2.70 bits per heavy atom. The Balaban J connectivity index is 3.52. The van der Waals surface area contributed by atoms with Crippen LogP contribution < -0.4 is 0 Å². The number of carbonyl (C=O) groups excluding carboxylic acids is 1. The molecule has 0 heterocycles. The van der Waals surface area contributed by atoms with Gasteiger partial charge in [0.05, 0.1) is 5.75 Å². The fourth-order valence-corrected chi connectivity index (χ4v) is 1.31. The molecule has 1 unspecified atom stereocenters. The number of hydrogen-bond acceptors (Lipinski definition) is 5. The van der Waals surface area contributed by atoms with E-state index in [1.54, 1.807) is 0 Å². The molecule has 2 nitrogen and oxygen atoms in total. The van der Waals surface area contributed by atoms with E-state index in [0.717, 1.165) is 6.42 Å². The van der Waals surface area contributed by atoms with Crippen LogP contribution >= 0.6 is 35.1 Å². The van der Waals surface area contributed by atoms with Crippen molar-refractivity contribution < 1.29 is 9.53 Å². The average molecular weight is 198 g/mol. The Hall–Kier alpha value is 0.520. The second-order valence-corrected chi connectivity index (χ2v) is 3.28. The molecular formula is C5H10O2S3. The first-order valence-corrected chi connectivity index (χ1v) is 5.41. The van der Waals surface area contributed by atoms with Crippen molar-refractivity contribution in [2.75, 3.05) is 5.75 Å². The van der Waals surface area contributed by atoms with Crippen molar-refractivity contribution in [1.82, 2.24) is 0 Å². The number of hydrogen-bond donors (Lipinski definition) is 2. The largest absolute Gasteiger partial charge is 0.450 e. The summed E-state index contributed by atoms with van der Waals surface area (Å²) in [6.07, 6.45) is 0.772. The summed E-state index contributed by atoms with van der Waals surface area (Å²) in [5.41, 5.74) is -0.136. The van der Waals surface area contributed by atoms with E-state index in [1.165, 1.54) is 10.8 Å². The molecule has 0 N–H and O–H groups in total. The third-order valence-electron chi connectivity index (χ3n) is 0.843. The van der Waals surface area contributed by atoms with Crippen LogP contribution in [0.4, 0.5) is 0 Å². The lowest BCUT2D eigenvalue weighted by Gasteiger charge is -2.10. The van der Waals surface area contributed by atoms with Crippen LogP contribution in [0.2, 0.25) is 0 Å². The van der Waals surface area contributed by atoms with Gasteiger partial charge in [0, 0.05) is 0 Å². The van der Waals surface area contributed by atoms with Gasteiger partial charge in [-0.3, -0.25) is 4.79 Å². The van der Waals surface area contributed by atoms with Crippen LogP contribution in [0.5, 0.6) is 0 Å². The molecule has 10 heavy (non-hydrogen) atoms. The highest BCUT2D eigenvalue weighted by Crippen LogP contribution is 2.19. The number of thiol groups is 2. The van der Waals surface area contributed by atoms with E-state index < -0.39 is 0 Å². The summed E-state index contributed by atoms with van der Waals surface area (Å²) in [5, 5.41) is 0. The molecule has 0 aliphatic carbocycles. The molecular weight excluding hydrogens is 188 g/mol. The molecule has 0 bridgehead atoms. The summed E-state index contributed by atoms with van der Waals surface area (Å²) in [5.74, 6) is -0.165. The predicted molar refractivity (Wildman–Crippen MR) is 50.6 cm³/mol. The van der Waals surface area contributed by atoms with Crippen LogP contribution in [-0.2, 0) is 9.53 Å². The molecule has 0 aromatic heterocycles. The average Bonchev–Trinajstić information content (AvgIpc) is 1.99. The SMILES string of the molecule is CCC(OC(=O)CS)SS. The van der Waals surface area contributed by atoms with Gasteiger partial charge in [-0.1, -0.05) is 17.7 Å². The monoisotopic (exact) mass is 198 g/mol. The smallest absolute Gasteiger partial charge is 0.316 e. The van der Waals surface area contributed by atoms with E-state index in [2.05, 4.69) is 24.3 Å². The molecule has 0 rings (SSSR count). The van der Waals surface area contributed by atoms with Gasteiger partial charge in [0.15, 0.2) is 5.44 Å². The number of carbonyl (C=O) groups is 1. The zero-order valence-electron chi connectivity index (χ0n) is 5.61. The van der Waals surface area contributed by atoms with Crippen LogP contribution in [0.3, 0.4) is 0 Å². The Morgan fingerprint density at radius 1 is 1.80 bits per heavy atom. The fraction of sp³-hybridized carbons (Fsp3) is 0.800. The Morgan fingerprint density at radius 2 is 2.40 bits per heavy atom. The predicted octanol–water partition coefficient (Wildman–Crippen LogP) is 1.77. The maximum absolute atomic E-state index is 10.6. The highest BCUT2D eigenvalue weighted by molar-refractivity contribution is 8.68. The van der Waals surface area contributed by atoms with Gasteiger partial charge in [0.25, 0.3) is 0 Å². The van der Waals surface area contributed by atoms with E-state index >= 15 is 0 Å². The van der Waals surface area contributed by atoms with Gasteiger partial charge in [-0.25, -0.2) is 0 Å². The number of ether oxygens (including phenoxy) is 1. The number of esters is 1. The third-order valence-corrected chi connectivity index (χ3v) is 2.47. The quantitative estimate of drug-likeness (QED) is 0.312. The van der Waals surface area contributed by atoms with Crippen molar-refractivity contribution in [3.8, 4) is 0 Å². The van der Waals surface area contributed by atoms with Crippen molar-refractivity contribution in [3.05, 3.63) is 0 Å². The molecule has 1 atom stereocenters. The third kappa shape index (κ3) is 4.35. The molecule has 0 aromatic rings. The lowest BCUT2D eigenvalue weighted by molar-refractivity contribution is -0.141. The molecule has 5 heteroatoms. The second-order valence-electron chi connectivity index (χ2n) is 1.59. The van der Waals surface area contributed by atoms with E-state index in [4.69, 9.17) is 4.74 Å². The molecule has 0 saturated heterocycles. The summed E-state index contributed by atoms with van der Waals surface area (Å²) >= 11 is 7.68. The molecule has 0 aliphatic rings. The topological polar surface area (TPSA) is 26.3 Å². The van der Waals surface area contributed by atoms with Crippen molar-refractivity contribution in [2.24, 2.45) is 0 Å². The molecule has 0 fully saturated rings. The van der Waals surface area contributed by atoms with Crippen LogP contribution in [0.25, 0.3) is 0 Å². The molecule has 0 radical (unpaired) electrons. The second kappa shape index (κ2) is 6.24. The molecule has 0 aliphatic heterocycles. The molecule has 0 aromatic carbocycles. The molecule has 60 valence electrons. The van der Waals surface area contributed by atoms with Crippen LogP contribution in [0.15, 0.2) is 0 Å². The maximum atomic E-state index is 10.6. The minimum atomic E-state index is -0.295. The Bertz CT molecular complexity index is 103. The van der Waals surface area contributed by atoms with Gasteiger partial charge in [-0.15, -0.1) is 11.7 Å². The van der Waals surface area contributed by atoms with Crippen LogP contribution in [0.1, 0.15) is 13.3 Å². The van der Waals surface area contributed by atoms with Gasteiger partial charge in [0.2, 0.25) is 0 Å². The van der Waals surface area contributed by atoms with Gasteiger partial charge in [0.1, 0.15) is 0 Å². The van der Waals surface area contributed by atoms with Crippen molar-refractivity contribution >= 4 is 41.1 Å². The first kappa shape index (κ1) is 10.5. The number of rotatable bonds is 4. The van der Waals surface area contributed by atoms with E-state index in [9.17, 15) is 4.79 Å². The summed E-state index contributed by atoms with van der Waals surface area (Å²) in [6.45, 7) is 1.93. The zero-order chi connectivity index (χ0) is 7.98. The minimum absolute atomic E-state index is 0.130. The summed E-state index contributed by atoms with van der Waals surface area (Å²) in [4.78, 5) is 10.6. The molecule has 0 amide bonds. The summed E-state index contributed by atoms with van der Waals surface area (Å²) in [6, 6.07) is 0. The lowest BCUT2D eigenvalue weighted by atomic mass is 10.5.